The number of carbonyl (C=O) groups is 1. The summed E-state index contributed by atoms with van der Waals surface area (Å²) in [6, 6.07) is 2.24. The number of aromatic nitrogens is 1. The lowest BCUT2D eigenvalue weighted by Crippen LogP contribution is -2.13. The number of nitrogens with zero attached hydrogens (tertiary/aromatic N) is 1. The van der Waals surface area contributed by atoms with E-state index < -0.39 is 17.7 Å². The third kappa shape index (κ3) is 3.32. The van der Waals surface area contributed by atoms with Crippen LogP contribution in [-0.4, -0.2) is 23.9 Å². The third-order valence-corrected chi connectivity index (χ3v) is 2.59. The smallest absolute Gasteiger partial charge is 0.418 e. The predicted octanol–water partition coefficient (Wildman–Crippen LogP) is 4.35. The van der Waals surface area contributed by atoms with E-state index in [1.54, 1.807) is 13.8 Å². The van der Waals surface area contributed by atoms with Gasteiger partial charge in [-0.25, -0.2) is 18.1 Å². The standard InChI is InChI=1S/C13H13F2NO3.C2H6/c1-3-18-10-7-9(14)12-8(11(10)15)5-6-16(12)13(17)19-4-2;1-2/h5-7H,3-4H2,1-2H3;1-2H3. The fourth-order valence-electron chi connectivity index (χ4n) is 1.84. The van der Waals surface area contributed by atoms with Crippen LogP contribution in [0.4, 0.5) is 13.6 Å². The Labute approximate surface area is 122 Å². The highest BCUT2D eigenvalue weighted by atomic mass is 19.1. The van der Waals surface area contributed by atoms with E-state index in [4.69, 9.17) is 9.47 Å². The van der Waals surface area contributed by atoms with Gasteiger partial charge in [-0.15, -0.1) is 0 Å². The van der Waals surface area contributed by atoms with Gasteiger partial charge in [-0.3, -0.25) is 0 Å². The van der Waals surface area contributed by atoms with Crippen molar-refractivity contribution in [2.45, 2.75) is 27.7 Å². The Bertz CT molecular complexity index is 623. The highest BCUT2D eigenvalue weighted by molar-refractivity contribution is 5.91. The maximum atomic E-state index is 14.0. The number of benzene rings is 1. The van der Waals surface area contributed by atoms with Gasteiger partial charge in [0, 0.05) is 17.6 Å². The summed E-state index contributed by atoms with van der Waals surface area (Å²) < 4.78 is 38.7. The summed E-state index contributed by atoms with van der Waals surface area (Å²) in [5, 5.41) is -0.0171. The van der Waals surface area contributed by atoms with E-state index in [0.29, 0.717) is 0 Å². The van der Waals surface area contributed by atoms with Gasteiger partial charge in [0.05, 0.1) is 18.7 Å². The zero-order valence-corrected chi connectivity index (χ0v) is 12.6. The van der Waals surface area contributed by atoms with Crippen molar-refractivity contribution in [2.75, 3.05) is 13.2 Å². The molecule has 0 aliphatic rings. The summed E-state index contributed by atoms with van der Waals surface area (Å²) in [5.41, 5.74) is -0.153. The van der Waals surface area contributed by atoms with Crippen molar-refractivity contribution in [1.82, 2.24) is 4.57 Å². The van der Waals surface area contributed by atoms with Gasteiger partial charge in [-0.05, 0) is 19.9 Å². The fourth-order valence-corrected chi connectivity index (χ4v) is 1.84. The van der Waals surface area contributed by atoms with Crippen LogP contribution in [-0.2, 0) is 4.74 Å². The minimum atomic E-state index is -0.750. The summed E-state index contributed by atoms with van der Waals surface area (Å²) in [5.74, 6) is -1.60. The Morgan fingerprint density at radius 3 is 2.48 bits per heavy atom. The molecule has 0 radical (unpaired) electrons. The van der Waals surface area contributed by atoms with Crippen LogP contribution in [0.25, 0.3) is 10.9 Å². The van der Waals surface area contributed by atoms with Gasteiger partial charge in [-0.2, -0.15) is 0 Å². The molecular weight excluding hydrogens is 280 g/mol. The minimum Gasteiger partial charge on any atom is -0.491 e. The number of rotatable bonds is 3. The molecule has 2 aromatic rings. The normalized spacial score (nSPS) is 10.0. The Balaban J connectivity index is 0.00000106. The SMILES string of the molecule is CC.CCOC(=O)n1ccc2c(F)c(OCC)cc(F)c21. The largest absolute Gasteiger partial charge is 0.491 e. The van der Waals surface area contributed by atoms with Gasteiger partial charge in [-0.1, -0.05) is 13.8 Å². The van der Waals surface area contributed by atoms with Gasteiger partial charge in [0.2, 0.25) is 0 Å². The minimum absolute atomic E-state index is 0.0171. The molecule has 1 heterocycles. The van der Waals surface area contributed by atoms with Gasteiger partial charge < -0.3 is 9.47 Å². The molecule has 4 nitrogen and oxygen atoms in total. The monoisotopic (exact) mass is 299 g/mol. The fraction of sp³-hybridized carbons (Fsp3) is 0.400. The molecular formula is C15H19F2NO3. The van der Waals surface area contributed by atoms with Crippen molar-refractivity contribution >= 4 is 17.0 Å². The summed E-state index contributed by atoms with van der Waals surface area (Å²) in [4.78, 5) is 11.6. The molecule has 0 aliphatic carbocycles. The Hall–Kier alpha value is -2.11. The molecule has 0 bridgehead atoms. The summed E-state index contributed by atoms with van der Waals surface area (Å²) >= 11 is 0. The molecule has 1 aromatic carbocycles. The Morgan fingerprint density at radius 1 is 1.24 bits per heavy atom. The Morgan fingerprint density at radius 2 is 1.90 bits per heavy atom. The van der Waals surface area contributed by atoms with E-state index in [-0.39, 0.29) is 29.9 Å². The van der Waals surface area contributed by atoms with E-state index in [9.17, 15) is 13.6 Å². The molecule has 0 fully saturated rings. The van der Waals surface area contributed by atoms with E-state index in [1.807, 2.05) is 13.8 Å². The highest BCUT2D eigenvalue weighted by Crippen LogP contribution is 2.30. The van der Waals surface area contributed by atoms with Crippen molar-refractivity contribution in [1.29, 1.82) is 0 Å². The van der Waals surface area contributed by atoms with Crippen LogP contribution in [0, 0.1) is 11.6 Å². The molecule has 0 atom stereocenters. The second-order valence-electron chi connectivity index (χ2n) is 3.75. The van der Waals surface area contributed by atoms with Crippen LogP contribution >= 0.6 is 0 Å². The maximum Gasteiger partial charge on any atom is 0.418 e. The van der Waals surface area contributed by atoms with Crippen LogP contribution in [0.2, 0.25) is 0 Å². The summed E-state index contributed by atoms with van der Waals surface area (Å²) in [6.07, 6.45) is 0.518. The molecule has 0 amide bonds. The van der Waals surface area contributed by atoms with Gasteiger partial charge >= 0.3 is 6.09 Å². The van der Waals surface area contributed by atoms with Crippen LogP contribution < -0.4 is 4.74 Å². The van der Waals surface area contributed by atoms with E-state index in [0.717, 1.165) is 10.6 Å². The second kappa shape index (κ2) is 7.61. The molecule has 6 heteroatoms. The van der Waals surface area contributed by atoms with E-state index in [2.05, 4.69) is 0 Å². The molecule has 0 saturated heterocycles. The first-order valence-corrected chi connectivity index (χ1v) is 6.89. The lowest BCUT2D eigenvalue weighted by molar-refractivity contribution is 0.155. The van der Waals surface area contributed by atoms with Crippen LogP contribution in [0.15, 0.2) is 18.3 Å². The number of ether oxygens (including phenoxy) is 2. The molecule has 1 aromatic heterocycles. The second-order valence-corrected chi connectivity index (χ2v) is 3.75. The van der Waals surface area contributed by atoms with Gasteiger partial charge in [0.15, 0.2) is 17.4 Å². The van der Waals surface area contributed by atoms with Crippen LogP contribution in [0.3, 0.4) is 0 Å². The highest BCUT2D eigenvalue weighted by Gasteiger charge is 2.19. The third-order valence-electron chi connectivity index (χ3n) is 2.59. The molecule has 0 spiro atoms. The van der Waals surface area contributed by atoms with Crippen LogP contribution in [0.5, 0.6) is 5.75 Å². The van der Waals surface area contributed by atoms with Crippen LogP contribution in [0.1, 0.15) is 27.7 Å². The number of hydrogen-bond donors (Lipinski definition) is 0. The van der Waals surface area contributed by atoms with Crippen molar-refractivity contribution < 1.29 is 23.0 Å². The lowest BCUT2D eigenvalue weighted by atomic mass is 10.2. The van der Waals surface area contributed by atoms with Gasteiger partial charge in [0.1, 0.15) is 0 Å². The molecule has 0 aliphatic heterocycles. The Kier molecular flexibility index (Phi) is 6.14. The predicted molar refractivity (Wildman–Crippen MR) is 76.8 cm³/mol. The van der Waals surface area contributed by atoms with Crippen molar-refractivity contribution in [3.63, 3.8) is 0 Å². The number of halogens is 2. The molecule has 2 rings (SSSR count). The molecule has 21 heavy (non-hydrogen) atoms. The number of carbonyl (C=O) groups excluding carboxylic acids is 1. The number of hydrogen-bond acceptors (Lipinski definition) is 3. The first-order chi connectivity index (χ1) is 10.1. The van der Waals surface area contributed by atoms with E-state index in [1.165, 1.54) is 12.3 Å². The average Bonchev–Trinajstić information content (AvgIpc) is 2.93. The number of fused-ring (bicyclic) bond motifs is 1. The van der Waals surface area contributed by atoms with Gasteiger partial charge in [0.25, 0.3) is 0 Å². The average molecular weight is 299 g/mol. The molecule has 116 valence electrons. The summed E-state index contributed by atoms with van der Waals surface area (Å²) in [7, 11) is 0. The van der Waals surface area contributed by atoms with Crippen molar-refractivity contribution in [3.05, 3.63) is 30.0 Å². The van der Waals surface area contributed by atoms with Crippen molar-refractivity contribution in [3.8, 4) is 5.75 Å². The zero-order valence-electron chi connectivity index (χ0n) is 12.6. The maximum absolute atomic E-state index is 14.0. The summed E-state index contributed by atoms with van der Waals surface area (Å²) in [6.45, 7) is 7.68. The zero-order chi connectivity index (χ0) is 16.0. The molecule has 0 N–H and O–H groups in total. The molecule has 0 saturated carbocycles. The molecule has 0 unspecified atom stereocenters. The topological polar surface area (TPSA) is 40.5 Å². The quantitative estimate of drug-likeness (QED) is 0.846. The van der Waals surface area contributed by atoms with E-state index >= 15 is 0 Å². The van der Waals surface area contributed by atoms with Crippen molar-refractivity contribution in [2.24, 2.45) is 0 Å². The lowest BCUT2D eigenvalue weighted by Gasteiger charge is -2.08. The first-order valence-electron chi connectivity index (χ1n) is 6.89. The first kappa shape index (κ1) is 16.9.